The maximum absolute atomic E-state index is 2.50. The first-order chi connectivity index (χ1) is 13.2. The molecule has 0 spiro atoms. The fraction of sp³-hybridized carbons (Fsp3) is 0.308. The first-order valence-electron chi connectivity index (χ1n) is 10.2. The summed E-state index contributed by atoms with van der Waals surface area (Å²) >= 11 is 0. The van der Waals surface area contributed by atoms with Crippen LogP contribution in [0.4, 0.5) is 0 Å². The third-order valence-corrected chi connectivity index (χ3v) is 5.81. The normalized spacial score (nSPS) is 13.4. The lowest BCUT2D eigenvalue weighted by molar-refractivity contribution is 0.422. The molecule has 0 radical (unpaired) electrons. The van der Waals surface area contributed by atoms with Crippen molar-refractivity contribution < 1.29 is 0 Å². The van der Waals surface area contributed by atoms with Gasteiger partial charge in [-0.05, 0) is 65.8 Å². The lowest BCUT2D eigenvalue weighted by atomic mass is 10.0. The predicted molar refractivity (Wildman–Crippen MR) is 122 cm³/mol. The van der Waals surface area contributed by atoms with Crippen LogP contribution in [0.1, 0.15) is 41.5 Å². The van der Waals surface area contributed by atoms with Crippen molar-refractivity contribution >= 4 is 43.6 Å². The Hall–Kier alpha value is -2.74. The summed E-state index contributed by atoms with van der Waals surface area (Å²) in [6, 6.07) is 22.4. The van der Waals surface area contributed by atoms with Gasteiger partial charge in [-0.2, -0.15) is 0 Å². The first kappa shape index (κ1) is 17.4. The molecule has 28 heavy (non-hydrogen) atoms. The highest BCUT2D eigenvalue weighted by atomic mass is 15.1. The summed E-state index contributed by atoms with van der Waals surface area (Å²) in [4.78, 5) is 0. The Bertz CT molecular complexity index is 1260. The van der Waals surface area contributed by atoms with Crippen molar-refractivity contribution in [2.75, 3.05) is 0 Å². The van der Waals surface area contributed by atoms with E-state index in [1.54, 1.807) is 0 Å². The Kier molecular flexibility index (Phi) is 3.35. The van der Waals surface area contributed by atoms with Gasteiger partial charge in [-0.25, -0.2) is 0 Å². The number of nitrogens with zero attached hydrogens (tertiary/aromatic N) is 2. The summed E-state index contributed by atoms with van der Waals surface area (Å²) in [7, 11) is 0. The molecule has 3 aromatic carbocycles. The Morgan fingerprint density at radius 3 is 1.18 bits per heavy atom. The SMILES string of the molecule is CC(C)(C)n1c2ccccc2c2c3c4ccccc4n(C(C)(C)C)c3ccc21. The van der Waals surface area contributed by atoms with E-state index in [4.69, 9.17) is 0 Å². The van der Waals surface area contributed by atoms with E-state index in [1.165, 1.54) is 43.6 Å². The summed E-state index contributed by atoms with van der Waals surface area (Å²) in [5.41, 5.74) is 5.28. The van der Waals surface area contributed by atoms with Crippen molar-refractivity contribution in [3.8, 4) is 0 Å². The number of rotatable bonds is 0. The van der Waals surface area contributed by atoms with Crippen LogP contribution >= 0.6 is 0 Å². The van der Waals surface area contributed by atoms with E-state index in [2.05, 4.69) is 111 Å². The second-order valence-electron chi connectivity index (χ2n) is 9.90. The molecule has 2 heterocycles. The molecule has 0 saturated carbocycles. The Morgan fingerprint density at radius 1 is 0.464 bits per heavy atom. The third kappa shape index (κ3) is 2.21. The second kappa shape index (κ2) is 5.41. The standard InChI is InChI=1S/C26H28N2/c1-25(2,3)27-19-13-9-7-11-17(19)23-21(27)15-16-22-24(23)18-12-8-10-14-20(18)28(22)26(4,5)6/h7-16H,1-6H3. The van der Waals surface area contributed by atoms with Crippen LogP contribution in [0.25, 0.3) is 43.6 Å². The first-order valence-corrected chi connectivity index (χ1v) is 10.2. The molecule has 0 amide bonds. The minimum Gasteiger partial charge on any atom is -0.335 e. The molecule has 0 unspecified atom stereocenters. The van der Waals surface area contributed by atoms with Crippen LogP contribution in [0.15, 0.2) is 60.7 Å². The zero-order chi connectivity index (χ0) is 19.8. The maximum Gasteiger partial charge on any atom is 0.0504 e. The lowest BCUT2D eigenvalue weighted by Gasteiger charge is -2.25. The summed E-state index contributed by atoms with van der Waals surface area (Å²) in [5, 5.41) is 5.44. The van der Waals surface area contributed by atoms with Gasteiger partial charge < -0.3 is 9.13 Å². The van der Waals surface area contributed by atoms with E-state index in [0.29, 0.717) is 0 Å². The minimum absolute atomic E-state index is 0.0113. The largest absolute Gasteiger partial charge is 0.335 e. The van der Waals surface area contributed by atoms with Crippen LogP contribution in [0.2, 0.25) is 0 Å². The molecule has 0 fully saturated rings. The summed E-state index contributed by atoms with van der Waals surface area (Å²) in [6.07, 6.45) is 0. The van der Waals surface area contributed by atoms with Crippen molar-refractivity contribution in [2.45, 2.75) is 52.6 Å². The highest BCUT2D eigenvalue weighted by Crippen LogP contribution is 2.43. The highest BCUT2D eigenvalue weighted by molar-refractivity contribution is 6.28. The monoisotopic (exact) mass is 368 g/mol. The lowest BCUT2D eigenvalue weighted by Crippen LogP contribution is -2.21. The summed E-state index contributed by atoms with van der Waals surface area (Å²) in [6.45, 7) is 13.8. The van der Waals surface area contributed by atoms with Crippen molar-refractivity contribution in [3.63, 3.8) is 0 Å². The Balaban J connectivity index is 2.14. The van der Waals surface area contributed by atoms with E-state index in [-0.39, 0.29) is 11.1 Å². The van der Waals surface area contributed by atoms with Crippen LogP contribution in [-0.2, 0) is 11.1 Å². The highest BCUT2D eigenvalue weighted by Gasteiger charge is 2.26. The van der Waals surface area contributed by atoms with Crippen LogP contribution < -0.4 is 0 Å². The number of fused-ring (bicyclic) bond motifs is 7. The Morgan fingerprint density at radius 2 is 0.821 bits per heavy atom. The molecule has 2 heteroatoms. The Labute approximate surface area is 166 Å². The average Bonchev–Trinajstić information content (AvgIpc) is 3.13. The fourth-order valence-corrected chi connectivity index (χ4v) is 4.96. The molecule has 142 valence electrons. The van der Waals surface area contributed by atoms with Gasteiger partial charge in [0, 0.05) is 43.7 Å². The number of aromatic nitrogens is 2. The van der Waals surface area contributed by atoms with Gasteiger partial charge in [0.05, 0.1) is 11.0 Å². The molecule has 0 saturated heterocycles. The number of para-hydroxylation sites is 2. The molecule has 0 aliphatic carbocycles. The maximum atomic E-state index is 2.50. The van der Waals surface area contributed by atoms with Gasteiger partial charge in [-0.15, -0.1) is 0 Å². The van der Waals surface area contributed by atoms with E-state index in [1.807, 2.05) is 0 Å². The van der Waals surface area contributed by atoms with Crippen LogP contribution in [0.3, 0.4) is 0 Å². The van der Waals surface area contributed by atoms with Crippen molar-refractivity contribution in [1.82, 2.24) is 9.13 Å². The number of hydrogen-bond acceptors (Lipinski definition) is 0. The van der Waals surface area contributed by atoms with Gasteiger partial charge in [-0.3, -0.25) is 0 Å². The topological polar surface area (TPSA) is 9.86 Å². The molecule has 5 aromatic rings. The van der Waals surface area contributed by atoms with Gasteiger partial charge in [0.25, 0.3) is 0 Å². The number of hydrogen-bond donors (Lipinski definition) is 0. The fourth-order valence-electron chi connectivity index (χ4n) is 4.96. The predicted octanol–water partition coefficient (Wildman–Crippen LogP) is 7.41. The zero-order valence-electron chi connectivity index (χ0n) is 17.7. The molecule has 0 N–H and O–H groups in total. The molecule has 0 aliphatic heterocycles. The van der Waals surface area contributed by atoms with Gasteiger partial charge in [0.15, 0.2) is 0 Å². The summed E-state index contributed by atoms with van der Waals surface area (Å²) < 4.78 is 5.00. The minimum atomic E-state index is 0.0113. The van der Waals surface area contributed by atoms with Gasteiger partial charge in [-0.1, -0.05) is 36.4 Å². The molecule has 0 bridgehead atoms. The van der Waals surface area contributed by atoms with Crippen LogP contribution in [-0.4, -0.2) is 9.13 Å². The molecule has 0 aliphatic rings. The van der Waals surface area contributed by atoms with E-state index < -0.39 is 0 Å². The second-order valence-corrected chi connectivity index (χ2v) is 9.90. The molecule has 0 atom stereocenters. The van der Waals surface area contributed by atoms with E-state index >= 15 is 0 Å². The van der Waals surface area contributed by atoms with Crippen LogP contribution in [0, 0.1) is 0 Å². The molecular formula is C26H28N2. The van der Waals surface area contributed by atoms with Crippen molar-refractivity contribution in [2.24, 2.45) is 0 Å². The van der Waals surface area contributed by atoms with Crippen molar-refractivity contribution in [3.05, 3.63) is 60.7 Å². The zero-order valence-corrected chi connectivity index (χ0v) is 17.7. The molecule has 2 aromatic heterocycles. The quantitative estimate of drug-likeness (QED) is 0.269. The average molecular weight is 369 g/mol. The van der Waals surface area contributed by atoms with Gasteiger partial charge in [0.2, 0.25) is 0 Å². The van der Waals surface area contributed by atoms with Crippen LogP contribution in [0.5, 0.6) is 0 Å². The number of benzene rings is 3. The van der Waals surface area contributed by atoms with E-state index in [0.717, 1.165) is 0 Å². The smallest absolute Gasteiger partial charge is 0.0504 e. The third-order valence-electron chi connectivity index (χ3n) is 5.81. The van der Waals surface area contributed by atoms with Gasteiger partial charge in [0.1, 0.15) is 0 Å². The molecule has 2 nitrogen and oxygen atoms in total. The molecule has 5 rings (SSSR count). The van der Waals surface area contributed by atoms with E-state index in [9.17, 15) is 0 Å². The van der Waals surface area contributed by atoms with Crippen molar-refractivity contribution in [1.29, 1.82) is 0 Å². The molecular weight excluding hydrogens is 340 g/mol. The summed E-state index contributed by atoms with van der Waals surface area (Å²) in [5.74, 6) is 0. The van der Waals surface area contributed by atoms with Gasteiger partial charge >= 0.3 is 0 Å².